The molecule has 1 aromatic rings. The van der Waals surface area contributed by atoms with Gasteiger partial charge in [-0.25, -0.2) is 0 Å². The van der Waals surface area contributed by atoms with Crippen molar-refractivity contribution in [2.45, 2.75) is 32.8 Å². The molecule has 2 nitrogen and oxygen atoms in total. The van der Waals surface area contributed by atoms with E-state index >= 15 is 0 Å². The van der Waals surface area contributed by atoms with Crippen molar-refractivity contribution in [3.63, 3.8) is 0 Å². The number of rotatable bonds is 5. The van der Waals surface area contributed by atoms with E-state index in [0.29, 0.717) is 0 Å². The summed E-state index contributed by atoms with van der Waals surface area (Å²) < 4.78 is 0. The second-order valence-electron chi connectivity index (χ2n) is 4.62. The van der Waals surface area contributed by atoms with Gasteiger partial charge in [0.1, 0.15) is 0 Å². The molecule has 1 N–H and O–H groups in total. The van der Waals surface area contributed by atoms with Crippen molar-refractivity contribution in [2.75, 3.05) is 18.0 Å². The average Bonchev–Trinajstić information content (AvgIpc) is 2.28. The Bertz CT molecular complexity index is 333. The predicted molar refractivity (Wildman–Crippen MR) is 67.6 cm³/mol. The van der Waals surface area contributed by atoms with Gasteiger partial charge in [-0.1, -0.05) is 24.6 Å². The van der Waals surface area contributed by atoms with Crippen molar-refractivity contribution in [3.8, 4) is 0 Å². The molecule has 0 aromatic heterocycles. The average molecular weight is 219 g/mol. The molecule has 0 unspecified atom stereocenters. The molecule has 1 aliphatic rings. The number of nitrogens with zero attached hydrogens (tertiary/aromatic N) is 1. The van der Waals surface area contributed by atoms with Gasteiger partial charge in [0.15, 0.2) is 0 Å². The van der Waals surface area contributed by atoms with Crippen molar-refractivity contribution < 1.29 is 5.11 Å². The molecule has 0 radical (unpaired) electrons. The Kier molecular flexibility index (Phi) is 3.83. The van der Waals surface area contributed by atoms with Gasteiger partial charge in [-0.05, 0) is 31.7 Å². The van der Waals surface area contributed by atoms with Crippen molar-refractivity contribution >= 4 is 5.69 Å². The number of benzene rings is 1. The summed E-state index contributed by atoms with van der Waals surface area (Å²) in [5.41, 5.74) is 2.25. The molecule has 1 fully saturated rings. The normalized spacial score (nSPS) is 15.9. The molecule has 0 amide bonds. The fourth-order valence-corrected chi connectivity index (χ4v) is 2.34. The van der Waals surface area contributed by atoms with Gasteiger partial charge in [0, 0.05) is 24.3 Å². The minimum Gasteiger partial charge on any atom is -0.392 e. The molecule has 2 heteroatoms. The van der Waals surface area contributed by atoms with E-state index < -0.39 is 0 Å². The number of anilines is 1. The summed E-state index contributed by atoms with van der Waals surface area (Å²) in [7, 11) is 0. The van der Waals surface area contributed by atoms with Gasteiger partial charge < -0.3 is 10.0 Å². The van der Waals surface area contributed by atoms with Gasteiger partial charge in [0.25, 0.3) is 0 Å². The van der Waals surface area contributed by atoms with Gasteiger partial charge in [-0.2, -0.15) is 0 Å². The van der Waals surface area contributed by atoms with Crippen molar-refractivity contribution in [3.05, 3.63) is 29.8 Å². The number of aliphatic hydroxyl groups excluding tert-OH is 1. The second-order valence-corrected chi connectivity index (χ2v) is 4.62. The van der Waals surface area contributed by atoms with E-state index in [9.17, 15) is 5.11 Å². The van der Waals surface area contributed by atoms with Crippen LogP contribution in [0.3, 0.4) is 0 Å². The highest BCUT2D eigenvalue weighted by atomic mass is 16.3. The van der Waals surface area contributed by atoms with Crippen molar-refractivity contribution in [1.82, 2.24) is 0 Å². The maximum atomic E-state index is 9.34. The second kappa shape index (κ2) is 5.35. The van der Waals surface area contributed by atoms with Gasteiger partial charge in [0.05, 0.1) is 6.61 Å². The Labute approximate surface area is 97.9 Å². The van der Waals surface area contributed by atoms with Crippen molar-refractivity contribution in [2.24, 2.45) is 5.92 Å². The maximum absolute atomic E-state index is 9.34. The molecule has 1 aliphatic carbocycles. The Morgan fingerprint density at radius 2 is 2.06 bits per heavy atom. The van der Waals surface area contributed by atoms with Crippen LogP contribution in [0.15, 0.2) is 24.3 Å². The van der Waals surface area contributed by atoms with Crippen LogP contribution in [-0.2, 0) is 6.61 Å². The van der Waals surface area contributed by atoms with Crippen LogP contribution in [0.2, 0.25) is 0 Å². The lowest BCUT2D eigenvalue weighted by molar-refractivity contribution is 0.281. The van der Waals surface area contributed by atoms with E-state index in [2.05, 4.69) is 24.0 Å². The number of aliphatic hydroxyl groups is 1. The zero-order valence-corrected chi connectivity index (χ0v) is 10.0. The summed E-state index contributed by atoms with van der Waals surface area (Å²) in [4.78, 5) is 2.40. The van der Waals surface area contributed by atoms with Crippen LogP contribution in [0.25, 0.3) is 0 Å². The zero-order chi connectivity index (χ0) is 11.4. The lowest BCUT2D eigenvalue weighted by atomic mass is 9.85. The topological polar surface area (TPSA) is 23.5 Å². The quantitative estimate of drug-likeness (QED) is 0.823. The minimum absolute atomic E-state index is 0.136. The highest BCUT2D eigenvalue weighted by molar-refractivity contribution is 5.53. The maximum Gasteiger partial charge on any atom is 0.0702 e. The molecule has 1 aromatic carbocycles. The minimum atomic E-state index is 0.136. The number of hydrogen-bond acceptors (Lipinski definition) is 2. The summed E-state index contributed by atoms with van der Waals surface area (Å²) >= 11 is 0. The SMILES string of the molecule is CCN(CC1CCC1)c1ccccc1CO. The van der Waals surface area contributed by atoms with Crippen LogP contribution >= 0.6 is 0 Å². The third-order valence-corrected chi connectivity index (χ3v) is 3.59. The molecule has 88 valence electrons. The van der Waals surface area contributed by atoms with E-state index in [1.165, 1.54) is 24.9 Å². The molecule has 0 spiro atoms. The smallest absolute Gasteiger partial charge is 0.0702 e. The molecule has 0 saturated heterocycles. The summed E-state index contributed by atoms with van der Waals surface area (Å²) in [5, 5.41) is 9.34. The van der Waals surface area contributed by atoms with E-state index in [-0.39, 0.29) is 6.61 Å². The van der Waals surface area contributed by atoms with Crippen LogP contribution in [0.4, 0.5) is 5.69 Å². The first-order valence-corrected chi connectivity index (χ1v) is 6.29. The number of para-hydroxylation sites is 1. The summed E-state index contributed by atoms with van der Waals surface area (Å²) in [5.74, 6) is 0.867. The van der Waals surface area contributed by atoms with Gasteiger partial charge in [-0.3, -0.25) is 0 Å². The first-order valence-electron chi connectivity index (χ1n) is 6.29. The Morgan fingerprint density at radius 3 is 2.62 bits per heavy atom. The Hall–Kier alpha value is -1.02. The third-order valence-electron chi connectivity index (χ3n) is 3.59. The van der Waals surface area contributed by atoms with Crippen molar-refractivity contribution in [1.29, 1.82) is 0 Å². The molecule has 16 heavy (non-hydrogen) atoms. The lowest BCUT2D eigenvalue weighted by Crippen LogP contribution is -2.33. The van der Waals surface area contributed by atoms with Crippen LogP contribution in [0.1, 0.15) is 31.7 Å². The van der Waals surface area contributed by atoms with E-state index in [1.807, 2.05) is 12.1 Å². The lowest BCUT2D eigenvalue weighted by Gasteiger charge is -2.34. The fourth-order valence-electron chi connectivity index (χ4n) is 2.34. The monoisotopic (exact) mass is 219 g/mol. The highest BCUT2D eigenvalue weighted by Crippen LogP contribution is 2.30. The summed E-state index contributed by atoms with van der Waals surface area (Å²) in [6.45, 7) is 4.49. The zero-order valence-electron chi connectivity index (χ0n) is 10.0. The third kappa shape index (κ3) is 2.38. The van der Waals surface area contributed by atoms with E-state index in [1.54, 1.807) is 0 Å². The Balaban J connectivity index is 2.11. The van der Waals surface area contributed by atoms with Crippen LogP contribution < -0.4 is 4.90 Å². The largest absolute Gasteiger partial charge is 0.392 e. The Morgan fingerprint density at radius 1 is 1.31 bits per heavy atom. The van der Waals surface area contributed by atoms with Gasteiger partial charge >= 0.3 is 0 Å². The molecule has 0 bridgehead atoms. The first kappa shape index (κ1) is 11.5. The number of hydrogen-bond donors (Lipinski definition) is 1. The molecule has 0 aliphatic heterocycles. The predicted octanol–water partition coefficient (Wildman–Crippen LogP) is 2.81. The van der Waals surface area contributed by atoms with E-state index in [0.717, 1.165) is 24.6 Å². The highest BCUT2D eigenvalue weighted by Gasteiger charge is 2.21. The summed E-state index contributed by atoms with van der Waals surface area (Å²) in [6, 6.07) is 8.18. The molecule has 2 rings (SSSR count). The molecular formula is C14H21NO. The van der Waals surface area contributed by atoms with Gasteiger partial charge in [0.2, 0.25) is 0 Å². The summed E-state index contributed by atoms with van der Waals surface area (Å²) in [6.07, 6.45) is 4.14. The van der Waals surface area contributed by atoms with Crippen LogP contribution in [0, 0.1) is 5.92 Å². The van der Waals surface area contributed by atoms with E-state index in [4.69, 9.17) is 0 Å². The molecule has 0 atom stereocenters. The van der Waals surface area contributed by atoms with Crippen LogP contribution in [0.5, 0.6) is 0 Å². The molecule has 1 saturated carbocycles. The fraction of sp³-hybridized carbons (Fsp3) is 0.571. The van der Waals surface area contributed by atoms with Crippen LogP contribution in [-0.4, -0.2) is 18.2 Å². The standard InChI is InChI=1S/C14H21NO/c1-2-15(10-12-6-5-7-12)14-9-4-3-8-13(14)11-16/h3-4,8-9,12,16H,2,5-7,10-11H2,1H3. The first-order chi connectivity index (χ1) is 7.85. The molecule has 0 heterocycles. The molecular weight excluding hydrogens is 198 g/mol. The van der Waals surface area contributed by atoms with Gasteiger partial charge in [-0.15, -0.1) is 0 Å².